The minimum atomic E-state index is -0.156. The molecule has 1 rings (SSSR count). The van der Waals surface area contributed by atoms with E-state index in [1.165, 1.54) is 6.92 Å². The molecule has 0 heterocycles. The summed E-state index contributed by atoms with van der Waals surface area (Å²) in [6, 6.07) is 5.55. The van der Waals surface area contributed by atoms with Gasteiger partial charge in [-0.15, -0.1) is 12.4 Å². The number of halogens is 1. The highest BCUT2D eigenvalue weighted by atomic mass is 35.5. The number of benzene rings is 1. The number of anilines is 2. The van der Waals surface area contributed by atoms with E-state index in [2.05, 4.69) is 10.6 Å². The molecule has 0 aliphatic rings. The van der Waals surface area contributed by atoms with E-state index >= 15 is 0 Å². The first-order valence-electron chi connectivity index (χ1n) is 7.41. The maximum absolute atomic E-state index is 11.9. The molecule has 1 aromatic rings. The normalized spacial score (nSPS) is 9.77. The zero-order chi connectivity index (χ0) is 15.7. The van der Waals surface area contributed by atoms with Crippen LogP contribution in [-0.2, 0) is 9.59 Å². The molecule has 0 aromatic heterocycles. The van der Waals surface area contributed by atoms with Crippen molar-refractivity contribution in [2.45, 2.75) is 46.0 Å². The molecule has 0 fully saturated rings. The molecule has 6 heteroatoms. The Bertz CT molecular complexity index is 492. The van der Waals surface area contributed by atoms with Crippen molar-refractivity contribution in [2.75, 3.05) is 17.2 Å². The monoisotopic (exact) mass is 327 g/mol. The summed E-state index contributed by atoms with van der Waals surface area (Å²) in [6.07, 6.45) is 4.42. The van der Waals surface area contributed by atoms with E-state index in [-0.39, 0.29) is 24.2 Å². The summed E-state index contributed by atoms with van der Waals surface area (Å²) in [7, 11) is 0. The van der Waals surface area contributed by atoms with Gasteiger partial charge in [0.25, 0.3) is 0 Å². The van der Waals surface area contributed by atoms with Crippen LogP contribution in [-0.4, -0.2) is 18.4 Å². The van der Waals surface area contributed by atoms with Gasteiger partial charge in [0, 0.05) is 13.3 Å². The van der Waals surface area contributed by atoms with E-state index < -0.39 is 0 Å². The summed E-state index contributed by atoms with van der Waals surface area (Å²) in [4.78, 5) is 23.1. The SMILES string of the molecule is CC(=O)Nc1ccc(C)cc1NC(=O)CCCCCCN.Cl. The molecule has 0 bridgehead atoms. The van der Waals surface area contributed by atoms with Crippen molar-refractivity contribution in [1.82, 2.24) is 0 Å². The topological polar surface area (TPSA) is 84.2 Å². The predicted molar refractivity (Wildman–Crippen MR) is 93.5 cm³/mol. The minimum absolute atomic E-state index is 0. The molecule has 0 aliphatic heterocycles. The molecule has 0 unspecified atom stereocenters. The van der Waals surface area contributed by atoms with Crippen LogP contribution in [0.5, 0.6) is 0 Å². The van der Waals surface area contributed by atoms with E-state index in [0.29, 0.717) is 24.3 Å². The second-order valence-electron chi connectivity index (χ2n) is 5.23. The second kappa shape index (κ2) is 11.0. The summed E-state index contributed by atoms with van der Waals surface area (Å²) < 4.78 is 0. The van der Waals surface area contributed by atoms with E-state index in [4.69, 9.17) is 5.73 Å². The highest BCUT2D eigenvalue weighted by Crippen LogP contribution is 2.23. The number of carbonyl (C=O) groups is 2. The number of nitrogens with one attached hydrogen (secondary N) is 2. The van der Waals surface area contributed by atoms with Gasteiger partial charge < -0.3 is 16.4 Å². The van der Waals surface area contributed by atoms with Gasteiger partial charge in [-0.05, 0) is 44.0 Å². The fourth-order valence-electron chi connectivity index (χ4n) is 2.06. The Morgan fingerprint density at radius 1 is 1.05 bits per heavy atom. The van der Waals surface area contributed by atoms with Crippen molar-refractivity contribution in [3.8, 4) is 0 Å². The molecule has 0 radical (unpaired) electrons. The lowest BCUT2D eigenvalue weighted by Gasteiger charge is -2.12. The first kappa shape index (κ1) is 20.4. The van der Waals surface area contributed by atoms with Crippen molar-refractivity contribution in [3.05, 3.63) is 23.8 Å². The number of nitrogens with two attached hydrogens (primary N) is 1. The zero-order valence-electron chi connectivity index (χ0n) is 13.3. The average Bonchev–Trinajstić information content (AvgIpc) is 2.41. The molecule has 0 saturated carbocycles. The van der Waals surface area contributed by atoms with Gasteiger partial charge in [-0.2, -0.15) is 0 Å². The Hall–Kier alpha value is -1.59. The molecule has 2 amide bonds. The third-order valence-corrected chi connectivity index (χ3v) is 3.12. The fourth-order valence-corrected chi connectivity index (χ4v) is 2.06. The summed E-state index contributed by atoms with van der Waals surface area (Å²) in [5, 5.41) is 5.59. The van der Waals surface area contributed by atoms with Crippen LogP contribution in [0.15, 0.2) is 18.2 Å². The van der Waals surface area contributed by atoms with Crippen LogP contribution < -0.4 is 16.4 Å². The fraction of sp³-hybridized carbons (Fsp3) is 0.500. The molecule has 124 valence electrons. The molecule has 4 N–H and O–H groups in total. The van der Waals surface area contributed by atoms with Gasteiger partial charge in [-0.3, -0.25) is 9.59 Å². The Morgan fingerprint density at radius 3 is 2.36 bits per heavy atom. The maximum Gasteiger partial charge on any atom is 0.224 e. The quantitative estimate of drug-likeness (QED) is 0.641. The van der Waals surface area contributed by atoms with Gasteiger partial charge in [-0.1, -0.05) is 18.9 Å². The zero-order valence-corrected chi connectivity index (χ0v) is 14.1. The standard InChI is InChI=1S/C16H25N3O2.ClH/c1-12-8-9-14(18-13(2)20)15(11-12)19-16(21)7-5-3-4-6-10-17;/h8-9,11H,3-7,10,17H2,1-2H3,(H,18,20)(H,19,21);1H. The largest absolute Gasteiger partial charge is 0.330 e. The Kier molecular flexibility index (Phi) is 10.2. The third kappa shape index (κ3) is 8.00. The highest BCUT2D eigenvalue weighted by molar-refractivity contribution is 5.98. The third-order valence-electron chi connectivity index (χ3n) is 3.12. The number of rotatable bonds is 8. The number of hydrogen-bond donors (Lipinski definition) is 3. The van der Waals surface area contributed by atoms with Gasteiger partial charge in [0.15, 0.2) is 0 Å². The van der Waals surface area contributed by atoms with E-state index in [1.54, 1.807) is 6.07 Å². The van der Waals surface area contributed by atoms with Gasteiger partial charge in [-0.25, -0.2) is 0 Å². The second-order valence-corrected chi connectivity index (χ2v) is 5.23. The van der Waals surface area contributed by atoms with Crippen LogP contribution in [0.4, 0.5) is 11.4 Å². The van der Waals surface area contributed by atoms with Gasteiger partial charge >= 0.3 is 0 Å². The van der Waals surface area contributed by atoms with Crippen molar-refractivity contribution in [3.63, 3.8) is 0 Å². The number of unbranched alkanes of at least 4 members (excludes halogenated alkanes) is 3. The number of amides is 2. The summed E-state index contributed by atoms with van der Waals surface area (Å²) in [5.74, 6) is -0.184. The molecule has 5 nitrogen and oxygen atoms in total. The predicted octanol–water partition coefficient (Wildman–Crippen LogP) is 3.22. The Morgan fingerprint density at radius 2 is 1.73 bits per heavy atom. The maximum atomic E-state index is 11.9. The summed E-state index contributed by atoms with van der Waals surface area (Å²) in [6.45, 7) is 4.10. The van der Waals surface area contributed by atoms with Crippen LogP contribution in [0.2, 0.25) is 0 Å². The van der Waals surface area contributed by atoms with Crippen LogP contribution in [0, 0.1) is 6.92 Å². The lowest BCUT2D eigenvalue weighted by atomic mass is 10.1. The van der Waals surface area contributed by atoms with Crippen molar-refractivity contribution in [2.24, 2.45) is 5.73 Å². The summed E-state index contributed by atoms with van der Waals surface area (Å²) >= 11 is 0. The Labute approximate surface area is 138 Å². The van der Waals surface area contributed by atoms with Gasteiger partial charge in [0.05, 0.1) is 11.4 Å². The lowest BCUT2D eigenvalue weighted by molar-refractivity contribution is -0.116. The molecule has 0 saturated heterocycles. The number of aryl methyl sites for hydroxylation is 1. The van der Waals surface area contributed by atoms with Crippen LogP contribution in [0.3, 0.4) is 0 Å². The molecule has 0 aliphatic carbocycles. The highest BCUT2D eigenvalue weighted by Gasteiger charge is 2.08. The molecule has 22 heavy (non-hydrogen) atoms. The molecular formula is C16H26ClN3O2. The number of hydrogen-bond acceptors (Lipinski definition) is 3. The van der Waals surface area contributed by atoms with Crippen molar-refractivity contribution < 1.29 is 9.59 Å². The van der Waals surface area contributed by atoms with Crippen molar-refractivity contribution in [1.29, 1.82) is 0 Å². The van der Waals surface area contributed by atoms with E-state index in [9.17, 15) is 9.59 Å². The van der Waals surface area contributed by atoms with Gasteiger partial charge in [0.2, 0.25) is 11.8 Å². The van der Waals surface area contributed by atoms with Crippen LogP contribution in [0.1, 0.15) is 44.6 Å². The first-order chi connectivity index (χ1) is 10.0. The smallest absolute Gasteiger partial charge is 0.224 e. The number of carbonyl (C=O) groups excluding carboxylic acids is 2. The molecule has 0 atom stereocenters. The Balaban J connectivity index is 0.00000441. The van der Waals surface area contributed by atoms with Crippen molar-refractivity contribution >= 4 is 35.6 Å². The van der Waals surface area contributed by atoms with Crippen LogP contribution in [0.25, 0.3) is 0 Å². The molecular weight excluding hydrogens is 302 g/mol. The van der Waals surface area contributed by atoms with Gasteiger partial charge in [0.1, 0.15) is 0 Å². The lowest BCUT2D eigenvalue weighted by Crippen LogP contribution is -2.15. The van der Waals surface area contributed by atoms with E-state index in [1.807, 2.05) is 19.1 Å². The van der Waals surface area contributed by atoms with Crippen LogP contribution >= 0.6 is 12.4 Å². The molecule has 0 spiro atoms. The minimum Gasteiger partial charge on any atom is -0.330 e. The van der Waals surface area contributed by atoms with E-state index in [0.717, 1.165) is 31.2 Å². The summed E-state index contributed by atoms with van der Waals surface area (Å²) in [5.41, 5.74) is 7.74. The molecule has 1 aromatic carbocycles. The average molecular weight is 328 g/mol. The first-order valence-corrected chi connectivity index (χ1v) is 7.41.